The van der Waals surface area contributed by atoms with E-state index in [0.717, 1.165) is 6.61 Å². The molecule has 0 N–H and O–H groups in total. The number of hydrogen-bond acceptors (Lipinski definition) is 2. The van der Waals surface area contributed by atoms with E-state index >= 15 is 0 Å². The summed E-state index contributed by atoms with van der Waals surface area (Å²) in [6.07, 6.45) is 2.51. The van der Waals surface area contributed by atoms with Gasteiger partial charge in [0.05, 0.1) is 6.61 Å². The van der Waals surface area contributed by atoms with Gasteiger partial charge >= 0.3 is 0 Å². The molecular formula is C27H33NO. The Kier molecular flexibility index (Phi) is 4.94. The Balaban J connectivity index is 1.80. The summed E-state index contributed by atoms with van der Waals surface area (Å²) in [5, 5.41) is 0. The van der Waals surface area contributed by atoms with E-state index in [2.05, 4.69) is 107 Å². The van der Waals surface area contributed by atoms with Gasteiger partial charge in [0.15, 0.2) is 0 Å². The average Bonchev–Trinajstić information content (AvgIpc) is 2.90. The molecule has 2 aliphatic rings. The number of nitrogens with zero attached hydrogens (tertiary/aromatic N) is 1. The molecule has 4 rings (SSSR count). The molecule has 2 nitrogen and oxygen atoms in total. The standard InChI is InChI=1S/C27H33NO/c1-7-29-18-20-22(27(4,5)25(20)19-13-9-8-10-14-19)17-24-26(2,3)21-15-11-12-16-23(21)28(24)6/h8-17,22H,7,18H2,1-6H3/b24-17-. The van der Waals surface area contributed by atoms with Crippen LogP contribution in [-0.4, -0.2) is 20.3 Å². The van der Waals surface area contributed by atoms with Crippen molar-refractivity contribution in [2.75, 3.05) is 25.2 Å². The van der Waals surface area contributed by atoms with Crippen molar-refractivity contribution in [3.8, 4) is 0 Å². The lowest BCUT2D eigenvalue weighted by molar-refractivity contribution is 0.151. The number of ether oxygens (including phenoxy) is 1. The Hall–Kier alpha value is -2.32. The minimum Gasteiger partial charge on any atom is -0.377 e. The normalized spacial score (nSPS) is 23.3. The maximum atomic E-state index is 5.92. The van der Waals surface area contributed by atoms with Crippen molar-refractivity contribution in [3.63, 3.8) is 0 Å². The molecule has 0 bridgehead atoms. The van der Waals surface area contributed by atoms with Crippen molar-refractivity contribution in [1.29, 1.82) is 0 Å². The van der Waals surface area contributed by atoms with E-state index in [1.807, 2.05) is 0 Å². The third-order valence-corrected chi connectivity index (χ3v) is 6.91. The van der Waals surface area contributed by atoms with Crippen molar-refractivity contribution in [2.45, 2.75) is 40.0 Å². The van der Waals surface area contributed by atoms with Crippen LogP contribution in [0.4, 0.5) is 5.69 Å². The molecule has 0 aromatic heterocycles. The second kappa shape index (κ2) is 7.18. The van der Waals surface area contributed by atoms with Crippen LogP contribution in [0.25, 0.3) is 5.57 Å². The first-order chi connectivity index (χ1) is 13.8. The fourth-order valence-corrected chi connectivity index (χ4v) is 5.39. The van der Waals surface area contributed by atoms with Crippen LogP contribution >= 0.6 is 0 Å². The quantitative estimate of drug-likeness (QED) is 0.585. The third kappa shape index (κ3) is 3.05. The Morgan fingerprint density at radius 1 is 0.966 bits per heavy atom. The monoisotopic (exact) mass is 387 g/mol. The number of anilines is 1. The lowest BCUT2D eigenvalue weighted by Crippen LogP contribution is -2.40. The van der Waals surface area contributed by atoms with Crippen LogP contribution in [0.1, 0.15) is 45.7 Å². The first kappa shape index (κ1) is 20.0. The van der Waals surface area contributed by atoms with Crippen molar-refractivity contribution in [1.82, 2.24) is 0 Å². The van der Waals surface area contributed by atoms with Gasteiger partial charge in [0.25, 0.3) is 0 Å². The van der Waals surface area contributed by atoms with E-state index in [1.54, 1.807) is 0 Å². The van der Waals surface area contributed by atoms with E-state index in [9.17, 15) is 0 Å². The van der Waals surface area contributed by atoms with Crippen molar-refractivity contribution >= 4 is 11.3 Å². The number of para-hydroxylation sites is 1. The average molecular weight is 388 g/mol. The minimum absolute atomic E-state index is 0.000642. The van der Waals surface area contributed by atoms with E-state index < -0.39 is 0 Å². The zero-order chi connectivity index (χ0) is 20.8. The summed E-state index contributed by atoms with van der Waals surface area (Å²) in [5.74, 6) is 0.371. The molecule has 1 unspecified atom stereocenters. The van der Waals surface area contributed by atoms with Crippen LogP contribution in [0.5, 0.6) is 0 Å². The molecule has 0 saturated heterocycles. The van der Waals surface area contributed by atoms with Gasteiger partial charge in [-0.2, -0.15) is 0 Å². The number of benzene rings is 2. The minimum atomic E-state index is 0.000642. The van der Waals surface area contributed by atoms with Crippen LogP contribution in [0, 0.1) is 11.3 Å². The number of fused-ring (bicyclic) bond motifs is 1. The summed E-state index contributed by atoms with van der Waals surface area (Å²) in [4.78, 5) is 2.38. The van der Waals surface area contributed by atoms with Crippen LogP contribution in [-0.2, 0) is 10.2 Å². The number of likely N-dealkylation sites (N-methyl/N-ethyl adjacent to an activating group) is 1. The van der Waals surface area contributed by atoms with Gasteiger partial charge in [-0.1, -0.05) is 82.3 Å². The first-order valence-electron chi connectivity index (χ1n) is 10.7. The van der Waals surface area contributed by atoms with Gasteiger partial charge in [0, 0.05) is 41.8 Å². The lowest BCUT2D eigenvalue weighted by Gasteiger charge is -2.49. The SMILES string of the molecule is CCOCC1=C(c2ccccc2)C(C)(C)C1/C=C1\N(C)c2ccccc2C1(C)C. The van der Waals surface area contributed by atoms with Gasteiger partial charge < -0.3 is 9.64 Å². The molecule has 29 heavy (non-hydrogen) atoms. The fraction of sp³-hybridized carbons (Fsp3) is 0.407. The molecular weight excluding hydrogens is 354 g/mol. The molecule has 2 aromatic rings. The molecule has 1 atom stereocenters. The van der Waals surface area contributed by atoms with Crippen molar-refractivity contribution in [2.24, 2.45) is 11.3 Å². The smallest absolute Gasteiger partial charge is 0.0688 e. The maximum Gasteiger partial charge on any atom is 0.0688 e. The third-order valence-electron chi connectivity index (χ3n) is 6.91. The maximum absolute atomic E-state index is 5.92. The Morgan fingerprint density at radius 3 is 2.28 bits per heavy atom. The molecule has 1 aliphatic carbocycles. The number of rotatable bonds is 5. The summed E-state index contributed by atoms with van der Waals surface area (Å²) in [6, 6.07) is 19.6. The van der Waals surface area contributed by atoms with E-state index in [-0.39, 0.29) is 10.8 Å². The molecule has 0 spiro atoms. The Labute approximate surface area is 175 Å². The second-order valence-electron chi connectivity index (χ2n) is 9.36. The van der Waals surface area contributed by atoms with Gasteiger partial charge in [-0.25, -0.2) is 0 Å². The topological polar surface area (TPSA) is 12.5 Å². The summed E-state index contributed by atoms with van der Waals surface area (Å²) in [6.45, 7) is 13.0. The van der Waals surface area contributed by atoms with Gasteiger partial charge in [-0.15, -0.1) is 0 Å². The summed E-state index contributed by atoms with van der Waals surface area (Å²) >= 11 is 0. The highest BCUT2D eigenvalue weighted by molar-refractivity contribution is 5.81. The largest absolute Gasteiger partial charge is 0.377 e. The first-order valence-corrected chi connectivity index (χ1v) is 10.7. The number of allylic oxidation sites excluding steroid dienone is 3. The summed E-state index contributed by atoms with van der Waals surface area (Å²) < 4.78 is 5.92. The second-order valence-corrected chi connectivity index (χ2v) is 9.36. The lowest BCUT2D eigenvalue weighted by atomic mass is 9.56. The molecule has 2 heteroatoms. The van der Waals surface area contributed by atoms with Gasteiger partial charge in [-0.05, 0) is 35.3 Å². The van der Waals surface area contributed by atoms with Gasteiger partial charge in [0.2, 0.25) is 0 Å². The predicted octanol–water partition coefficient (Wildman–Crippen LogP) is 6.44. The van der Waals surface area contributed by atoms with Crippen LogP contribution < -0.4 is 4.90 Å². The highest BCUT2D eigenvalue weighted by Gasteiger charge is 2.48. The fourth-order valence-electron chi connectivity index (χ4n) is 5.39. The predicted molar refractivity (Wildman–Crippen MR) is 123 cm³/mol. The molecule has 0 fully saturated rings. The van der Waals surface area contributed by atoms with E-state index in [4.69, 9.17) is 4.74 Å². The molecule has 0 saturated carbocycles. The van der Waals surface area contributed by atoms with E-state index in [0.29, 0.717) is 12.5 Å². The van der Waals surface area contributed by atoms with Crippen LogP contribution in [0.3, 0.4) is 0 Å². The highest BCUT2D eigenvalue weighted by Crippen LogP contribution is 2.58. The molecule has 152 valence electrons. The number of hydrogen-bond donors (Lipinski definition) is 0. The zero-order valence-corrected chi connectivity index (χ0v) is 18.6. The zero-order valence-electron chi connectivity index (χ0n) is 18.6. The Morgan fingerprint density at radius 2 is 1.62 bits per heavy atom. The summed E-state index contributed by atoms with van der Waals surface area (Å²) in [7, 11) is 2.20. The van der Waals surface area contributed by atoms with Crippen LogP contribution in [0.2, 0.25) is 0 Å². The highest BCUT2D eigenvalue weighted by atomic mass is 16.5. The molecule has 2 aromatic carbocycles. The van der Waals surface area contributed by atoms with E-state index in [1.165, 1.54) is 33.7 Å². The molecule has 0 amide bonds. The van der Waals surface area contributed by atoms with Crippen molar-refractivity contribution in [3.05, 3.63) is 83.1 Å². The van der Waals surface area contributed by atoms with Crippen molar-refractivity contribution < 1.29 is 4.74 Å². The van der Waals surface area contributed by atoms with Gasteiger partial charge in [0.1, 0.15) is 0 Å². The van der Waals surface area contributed by atoms with Crippen LogP contribution in [0.15, 0.2) is 71.9 Å². The molecule has 1 aliphatic heterocycles. The molecule has 0 radical (unpaired) electrons. The summed E-state index contributed by atoms with van der Waals surface area (Å²) in [5.41, 5.74) is 8.39. The van der Waals surface area contributed by atoms with Gasteiger partial charge in [-0.3, -0.25) is 0 Å². The molecule has 1 heterocycles. The Bertz CT molecular complexity index is 965.